The smallest absolute Gasteiger partial charge is 0.173 e. The fourth-order valence-electron chi connectivity index (χ4n) is 1.44. The SMILES string of the molecule is Cc1nc2c(F)cccn2c1CN. The van der Waals surface area contributed by atoms with Gasteiger partial charge in [-0.2, -0.15) is 0 Å². The molecule has 3 nitrogen and oxygen atoms in total. The van der Waals surface area contributed by atoms with Crippen LogP contribution in [0.15, 0.2) is 18.3 Å². The summed E-state index contributed by atoms with van der Waals surface area (Å²) < 4.78 is 14.9. The highest BCUT2D eigenvalue weighted by molar-refractivity contribution is 5.44. The molecule has 0 aliphatic heterocycles. The molecule has 0 atom stereocenters. The molecule has 2 heterocycles. The Morgan fingerprint density at radius 2 is 2.38 bits per heavy atom. The van der Waals surface area contributed by atoms with E-state index >= 15 is 0 Å². The summed E-state index contributed by atoms with van der Waals surface area (Å²) >= 11 is 0. The molecule has 0 saturated heterocycles. The fraction of sp³-hybridized carbons (Fsp3) is 0.222. The maximum atomic E-state index is 13.2. The molecule has 13 heavy (non-hydrogen) atoms. The molecule has 2 aromatic heterocycles. The fourth-order valence-corrected chi connectivity index (χ4v) is 1.44. The first-order valence-electron chi connectivity index (χ1n) is 4.06. The minimum absolute atomic E-state index is 0.315. The molecule has 4 heteroatoms. The molecule has 2 aromatic rings. The zero-order valence-corrected chi connectivity index (χ0v) is 7.29. The second-order valence-electron chi connectivity index (χ2n) is 2.90. The largest absolute Gasteiger partial charge is 0.325 e. The minimum Gasteiger partial charge on any atom is -0.325 e. The first-order chi connectivity index (χ1) is 6.24. The Morgan fingerprint density at radius 3 is 3.08 bits per heavy atom. The highest BCUT2D eigenvalue weighted by Crippen LogP contribution is 2.13. The second kappa shape index (κ2) is 2.81. The van der Waals surface area contributed by atoms with E-state index in [0.29, 0.717) is 12.2 Å². The number of hydrogen-bond acceptors (Lipinski definition) is 2. The van der Waals surface area contributed by atoms with Crippen LogP contribution in [0.2, 0.25) is 0 Å². The third kappa shape index (κ3) is 1.10. The Hall–Kier alpha value is -1.42. The molecule has 0 unspecified atom stereocenters. The van der Waals surface area contributed by atoms with E-state index < -0.39 is 0 Å². The summed E-state index contributed by atoms with van der Waals surface area (Å²) in [5, 5.41) is 0. The van der Waals surface area contributed by atoms with Crippen molar-refractivity contribution in [2.75, 3.05) is 0 Å². The number of hydrogen-bond donors (Lipinski definition) is 1. The van der Waals surface area contributed by atoms with E-state index in [1.807, 2.05) is 6.92 Å². The summed E-state index contributed by atoms with van der Waals surface area (Å²) in [4.78, 5) is 4.09. The van der Waals surface area contributed by atoms with Gasteiger partial charge in [0.2, 0.25) is 0 Å². The van der Waals surface area contributed by atoms with E-state index in [2.05, 4.69) is 4.98 Å². The molecule has 0 bridgehead atoms. The summed E-state index contributed by atoms with van der Waals surface area (Å²) in [6.45, 7) is 2.20. The first kappa shape index (κ1) is 8.19. The van der Waals surface area contributed by atoms with Crippen molar-refractivity contribution < 1.29 is 4.39 Å². The van der Waals surface area contributed by atoms with E-state index in [-0.39, 0.29) is 5.82 Å². The van der Waals surface area contributed by atoms with Crippen molar-refractivity contribution in [1.82, 2.24) is 9.38 Å². The average Bonchev–Trinajstić information content (AvgIpc) is 2.43. The maximum absolute atomic E-state index is 13.2. The Labute approximate surface area is 75.0 Å². The highest BCUT2D eigenvalue weighted by Gasteiger charge is 2.09. The van der Waals surface area contributed by atoms with Crippen LogP contribution in [0.25, 0.3) is 5.65 Å². The molecule has 0 radical (unpaired) electrons. The predicted molar refractivity (Wildman–Crippen MR) is 47.8 cm³/mol. The van der Waals surface area contributed by atoms with Crippen LogP contribution < -0.4 is 5.73 Å². The van der Waals surface area contributed by atoms with Crippen LogP contribution in [0.3, 0.4) is 0 Å². The van der Waals surface area contributed by atoms with Gasteiger partial charge in [0.05, 0.1) is 11.4 Å². The van der Waals surface area contributed by atoms with Gasteiger partial charge in [-0.3, -0.25) is 0 Å². The lowest BCUT2D eigenvalue weighted by molar-refractivity contribution is 0.629. The topological polar surface area (TPSA) is 43.3 Å². The van der Waals surface area contributed by atoms with Crippen LogP contribution in [0.5, 0.6) is 0 Å². The quantitative estimate of drug-likeness (QED) is 0.715. The van der Waals surface area contributed by atoms with E-state index in [1.165, 1.54) is 6.07 Å². The summed E-state index contributed by atoms with van der Waals surface area (Å²) in [5.74, 6) is -0.315. The van der Waals surface area contributed by atoms with Crippen molar-refractivity contribution in [3.8, 4) is 0 Å². The van der Waals surface area contributed by atoms with Gasteiger partial charge in [0, 0.05) is 12.7 Å². The number of nitrogens with two attached hydrogens (primary N) is 1. The number of fused-ring (bicyclic) bond motifs is 1. The summed E-state index contributed by atoms with van der Waals surface area (Å²) in [7, 11) is 0. The molecule has 0 aromatic carbocycles. The van der Waals surface area contributed by atoms with Gasteiger partial charge < -0.3 is 10.1 Å². The molecule has 2 rings (SSSR count). The van der Waals surface area contributed by atoms with Crippen LogP contribution in [0.4, 0.5) is 4.39 Å². The zero-order valence-electron chi connectivity index (χ0n) is 7.29. The molecule has 0 aliphatic rings. The van der Waals surface area contributed by atoms with Crippen LogP contribution in [0.1, 0.15) is 11.4 Å². The first-order valence-corrected chi connectivity index (χ1v) is 4.06. The van der Waals surface area contributed by atoms with Crippen LogP contribution in [-0.2, 0) is 6.54 Å². The van der Waals surface area contributed by atoms with Crippen molar-refractivity contribution in [3.05, 3.63) is 35.5 Å². The van der Waals surface area contributed by atoms with Crippen LogP contribution in [-0.4, -0.2) is 9.38 Å². The van der Waals surface area contributed by atoms with E-state index in [4.69, 9.17) is 5.73 Å². The molecule has 0 aliphatic carbocycles. The van der Waals surface area contributed by atoms with Gasteiger partial charge in [-0.1, -0.05) is 0 Å². The lowest BCUT2D eigenvalue weighted by Crippen LogP contribution is -2.02. The molecular formula is C9H10FN3. The summed E-state index contributed by atoms with van der Waals surface area (Å²) in [6.07, 6.45) is 1.76. The number of halogens is 1. The molecule has 2 N–H and O–H groups in total. The van der Waals surface area contributed by atoms with Gasteiger partial charge in [-0.25, -0.2) is 9.37 Å². The van der Waals surface area contributed by atoms with Crippen molar-refractivity contribution in [2.45, 2.75) is 13.5 Å². The number of rotatable bonds is 1. The monoisotopic (exact) mass is 179 g/mol. The lowest BCUT2D eigenvalue weighted by atomic mass is 10.3. The van der Waals surface area contributed by atoms with Crippen LogP contribution in [0, 0.1) is 12.7 Å². The van der Waals surface area contributed by atoms with Gasteiger partial charge in [-0.15, -0.1) is 0 Å². The lowest BCUT2D eigenvalue weighted by Gasteiger charge is -1.98. The van der Waals surface area contributed by atoms with E-state index in [1.54, 1.807) is 16.7 Å². The molecule has 0 fully saturated rings. The maximum Gasteiger partial charge on any atom is 0.173 e. The zero-order chi connectivity index (χ0) is 9.42. The van der Waals surface area contributed by atoms with Gasteiger partial charge in [0.1, 0.15) is 0 Å². The molecule has 68 valence electrons. The highest BCUT2D eigenvalue weighted by atomic mass is 19.1. The predicted octanol–water partition coefficient (Wildman–Crippen LogP) is 1.24. The number of aromatic nitrogens is 2. The van der Waals surface area contributed by atoms with Crippen molar-refractivity contribution in [2.24, 2.45) is 5.73 Å². The van der Waals surface area contributed by atoms with Gasteiger partial charge in [0.25, 0.3) is 0 Å². The summed E-state index contributed by atoms with van der Waals surface area (Å²) in [5.41, 5.74) is 7.52. The van der Waals surface area contributed by atoms with E-state index in [0.717, 1.165) is 11.4 Å². The Balaban J connectivity index is 2.86. The summed E-state index contributed by atoms with van der Waals surface area (Å²) in [6, 6.07) is 3.03. The average molecular weight is 179 g/mol. The number of imidazole rings is 1. The number of nitrogens with zero attached hydrogens (tertiary/aromatic N) is 2. The molecular weight excluding hydrogens is 169 g/mol. The molecule has 0 amide bonds. The Kier molecular flexibility index (Phi) is 1.77. The van der Waals surface area contributed by atoms with Crippen molar-refractivity contribution in [3.63, 3.8) is 0 Å². The van der Waals surface area contributed by atoms with Crippen molar-refractivity contribution in [1.29, 1.82) is 0 Å². The minimum atomic E-state index is -0.315. The van der Waals surface area contributed by atoms with Crippen LogP contribution >= 0.6 is 0 Å². The third-order valence-electron chi connectivity index (χ3n) is 2.09. The van der Waals surface area contributed by atoms with Crippen molar-refractivity contribution >= 4 is 5.65 Å². The Morgan fingerprint density at radius 1 is 1.62 bits per heavy atom. The molecule has 0 spiro atoms. The standard InChI is InChI=1S/C9H10FN3/c1-6-8(5-11)13-4-2-3-7(10)9(13)12-6/h2-4H,5,11H2,1H3. The van der Waals surface area contributed by atoms with Gasteiger partial charge in [0.15, 0.2) is 11.5 Å². The number of pyridine rings is 1. The van der Waals surface area contributed by atoms with Gasteiger partial charge in [-0.05, 0) is 19.1 Å². The second-order valence-corrected chi connectivity index (χ2v) is 2.90. The molecule has 0 saturated carbocycles. The third-order valence-corrected chi connectivity index (χ3v) is 2.09. The van der Waals surface area contributed by atoms with E-state index in [9.17, 15) is 4.39 Å². The Bertz CT molecular complexity index is 447. The number of aryl methyl sites for hydroxylation is 1. The van der Waals surface area contributed by atoms with Gasteiger partial charge >= 0.3 is 0 Å². The normalized spacial score (nSPS) is 11.0.